The lowest BCUT2D eigenvalue weighted by Crippen LogP contribution is -2.26. The number of carbonyl (C=O) groups excluding carboxylic acids is 1. The number of pyridine rings is 1. The summed E-state index contributed by atoms with van der Waals surface area (Å²) in [7, 11) is 0. The van der Waals surface area contributed by atoms with Crippen molar-refractivity contribution in [2.75, 3.05) is 18.4 Å². The first-order chi connectivity index (χ1) is 7.09. The first-order valence-corrected chi connectivity index (χ1v) is 5.49. The summed E-state index contributed by atoms with van der Waals surface area (Å²) in [5, 5.41) is 5.82. The first kappa shape index (κ1) is 12.0. The minimum Gasteiger partial charge on any atom is -0.367 e. The number of carbonyl (C=O) groups is 1. The molecule has 1 aromatic heterocycles. The van der Waals surface area contributed by atoms with Gasteiger partial charge < -0.3 is 10.6 Å². The Morgan fingerprint density at radius 3 is 2.87 bits per heavy atom. The molecular weight excluding hydrogens is 258 g/mol. The predicted molar refractivity (Wildman–Crippen MR) is 63.8 cm³/mol. The van der Waals surface area contributed by atoms with E-state index < -0.39 is 0 Å². The molecule has 0 aliphatic rings. The quantitative estimate of drug-likeness (QED) is 0.820. The Balaban J connectivity index is 2.40. The van der Waals surface area contributed by atoms with Crippen molar-refractivity contribution in [3.63, 3.8) is 0 Å². The monoisotopic (exact) mass is 271 g/mol. The van der Waals surface area contributed by atoms with E-state index in [1.165, 1.54) is 6.92 Å². The Labute approximate surface area is 97.6 Å². The summed E-state index contributed by atoms with van der Waals surface area (Å²) < 4.78 is 0.935. The van der Waals surface area contributed by atoms with Gasteiger partial charge in [-0.3, -0.25) is 4.79 Å². The van der Waals surface area contributed by atoms with E-state index in [0.717, 1.165) is 15.9 Å². The van der Waals surface area contributed by atoms with Crippen LogP contribution in [0.4, 0.5) is 5.82 Å². The van der Waals surface area contributed by atoms with Crippen molar-refractivity contribution in [3.8, 4) is 0 Å². The number of aromatic nitrogens is 1. The maximum absolute atomic E-state index is 10.6. The molecule has 1 heterocycles. The number of halogens is 1. The lowest BCUT2D eigenvalue weighted by atomic mass is 10.3. The maximum atomic E-state index is 10.6. The van der Waals surface area contributed by atoms with Gasteiger partial charge in [-0.1, -0.05) is 0 Å². The molecule has 1 rings (SSSR count). The number of aryl methyl sites for hydroxylation is 1. The molecule has 0 bridgehead atoms. The molecule has 0 fully saturated rings. The van der Waals surface area contributed by atoms with Crippen LogP contribution in [-0.4, -0.2) is 24.0 Å². The maximum Gasteiger partial charge on any atom is 0.216 e. The van der Waals surface area contributed by atoms with Crippen LogP contribution in [-0.2, 0) is 4.79 Å². The normalized spacial score (nSPS) is 9.80. The van der Waals surface area contributed by atoms with Crippen LogP contribution in [0.3, 0.4) is 0 Å². The van der Waals surface area contributed by atoms with Crippen LogP contribution in [0.2, 0.25) is 0 Å². The van der Waals surface area contributed by atoms with Gasteiger partial charge >= 0.3 is 0 Å². The average Bonchev–Trinajstić information content (AvgIpc) is 2.14. The third kappa shape index (κ3) is 4.29. The molecule has 2 N–H and O–H groups in total. The van der Waals surface area contributed by atoms with Crippen LogP contribution in [0.1, 0.15) is 12.5 Å². The van der Waals surface area contributed by atoms with Gasteiger partial charge in [-0.25, -0.2) is 4.98 Å². The lowest BCUT2D eigenvalue weighted by Gasteiger charge is -2.08. The van der Waals surface area contributed by atoms with E-state index >= 15 is 0 Å². The van der Waals surface area contributed by atoms with Crippen molar-refractivity contribution in [2.24, 2.45) is 0 Å². The zero-order valence-electron chi connectivity index (χ0n) is 8.80. The molecule has 0 aromatic carbocycles. The highest BCUT2D eigenvalue weighted by Gasteiger charge is 2.00. The number of anilines is 1. The molecule has 0 saturated carbocycles. The van der Waals surface area contributed by atoms with Crippen LogP contribution < -0.4 is 10.6 Å². The molecule has 0 aliphatic heterocycles. The molecule has 15 heavy (non-hydrogen) atoms. The number of nitrogens with zero attached hydrogens (tertiary/aromatic N) is 1. The van der Waals surface area contributed by atoms with Crippen molar-refractivity contribution < 1.29 is 4.79 Å². The van der Waals surface area contributed by atoms with Gasteiger partial charge in [0.25, 0.3) is 0 Å². The molecule has 1 amide bonds. The van der Waals surface area contributed by atoms with Gasteiger partial charge in [0.05, 0.1) is 4.47 Å². The molecule has 1 aromatic rings. The summed E-state index contributed by atoms with van der Waals surface area (Å²) in [6.45, 7) is 4.74. The second-order valence-electron chi connectivity index (χ2n) is 3.25. The minimum atomic E-state index is -0.0206. The summed E-state index contributed by atoms with van der Waals surface area (Å²) in [6, 6.07) is 1.99. The van der Waals surface area contributed by atoms with Gasteiger partial charge in [0.15, 0.2) is 0 Å². The fourth-order valence-electron chi connectivity index (χ4n) is 1.08. The van der Waals surface area contributed by atoms with Crippen LogP contribution in [0.15, 0.2) is 16.7 Å². The Bertz CT molecular complexity index is 355. The second kappa shape index (κ2) is 5.70. The van der Waals surface area contributed by atoms with Gasteiger partial charge in [0, 0.05) is 26.2 Å². The van der Waals surface area contributed by atoms with Crippen molar-refractivity contribution in [1.82, 2.24) is 10.3 Å². The minimum absolute atomic E-state index is 0.0206. The van der Waals surface area contributed by atoms with E-state index in [2.05, 4.69) is 31.5 Å². The molecule has 5 heteroatoms. The summed E-state index contributed by atoms with van der Waals surface area (Å²) in [6.07, 6.45) is 1.80. The molecule has 0 unspecified atom stereocenters. The third-order valence-electron chi connectivity index (χ3n) is 1.77. The van der Waals surface area contributed by atoms with Crippen molar-refractivity contribution >= 4 is 27.7 Å². The highest BCUT2D eigenvalue weighted by Crippen LogP contribution is 2.19. The molecular formula is C10H14BrN3O. The largest absolute Gasteiger partial charge is 0.367 e. The first-order valence-electron chi connectivity index (χ1n) is 4.70. The van der Waals surface area contributed by atoms with Gasteiger partial charge in [0.2, 0.25) is 5.91 Å². The van der Waals surface area contributed by atoms with E-state index in [9.17, 15) is 4.79 Å². The van der Waals surface area contributed by atoms with E-state index in [1.54, 1.807) is 6.20 Å². The van der Waals surface area contributed by atoms with E-state index in [-0.39, 0.29) is 5.91 Å². The van der Waals surface area contributed by atoms with Gasteiger partial charge in [0.1, 0.15) is 5.82 Å². The van der Waals surface area contributed by atoms with Gasteiger partial charge in [-0.05, 0) is 34.5 Å². The molecule has 0 spiro atoms. The van der Waals surface area contributed by atoms with E-state index in [4.69, 9.17) is 0 Å². The number of hydrogen-bond acceptors (Lipinski definition) is 3. The SMILES string of the molecule is CC(=O)NCCNc1ncc(C)cc1Br. The Kier molecular flexibility index (Phi) is 4.55. The van der Waals surface area contributed by atoms with Crippen molar-refractivity contribution in [1.29, 1.82) is 0 Å². The van der Waals surface area contributed by atoms with Gasteiger partial charge in [-0.15, -0.1) is 0 Å². The van der Waals surface area contributed by atoms with E-state index in [0.29, 0.717) is 13.1 Å². The van der Waals surface area contributed by atoms with E-state index in [1.807, 2.05) is 13.0 Å². The zero-order chi connectivity index (χ0) is 11.3. The van der Waals surface area contributed by atoms with Crippen LogP contribution in [0, 0.1) is 6.92 Å². The number of hydrogen-bond donors (Lipinski definition) is 2. The Hall–Kier alpha value is -1.10. The fraction of sp³-hybridized carbons (Fsp3) is 0.400. The van der Waals surface area contributed by atoms with Crippen molar-refractivity contribution in [3.05, 3.63) is 22.3 Å². The number of nitrogens with one attached hydrogen (secondary N) is 2. The number of rotatable bonds is 4. The Morgan fingerprint density at radius 2 is 2.27 bits per heavy atom. The highest BCUT2D eigenvalue weighted by atomic mass is 79.9. The summed E-state index contributed by atoms with van der Waals surface area (Å²) in [4.78, 5) is 14.8. The number of amides is 1. The molecule has 82 valence electrons. The summed E-state index contributed by atoms with van der Waals surface area (Å²) in [5.74, 6) is 0.777. The van der Waals surface area contributed by atoms with Crippen molar-refractivity contribution in [2.45, 2.75) is 13.8 Å². The molecule has 0 radical (unpaired) electrons. The molecule has 0 atom stereocenters. The topological polar surface area (TPSA) is 54.0 Å². The standard InChI is InChI=1S/C10H14BrN3O/c1-7-5-9(11)10(14-6-7)13-4-3-12-8(2)15/h5-6H,3-4H2,1-2H3,(H,12,15)(H,13,14). The van der Waals surface area contributed by atoms with Gasteiger partial charge in [-0.2, -0.15) is 0 Å². The average molecular weight is 272 g/mol. The van der Waals surface area contributed by atoms with Crippen LogP contribution >= 0.6 is 15.9 Å². The lowest BCUT2D eigenvalue weighted by molar-refractivity contribution is -0.118. The smallest absolute Gasteiger partial charge is 0.216 e. The zero-order valence-corrected chi connectivity index (χ0v) is 10.4. The third-order valence-corrected chi connectivity index (χ3v) is 2.37. The highest BCUT2D eigenvalue weighted by molar-refractivity contribution is 9.10. The fourth-order valence-corrected chi connectivity index (χ4v) is 1.69. The molecule has 4 nitrogen and oxygen atoms in total. The summed E-state index contributed by atoms with van der Waals surface area (Å²) >= 11 is 3.42. The summed E-state index contributed by atoms with van der Waals surface area (Å²) in [5.41, 5.74) is 1.11. The predicted octanol–water partition coefficient (Wildman–Crippen LogP) is 1.70. The Morgan fingerprint density at radius 1 is 1.53 bits per heavy atom. The molecule has 0 saturated heterocycles. The second-order valence-corrected chi connectivity index (χ2v) is 4.11. The van der Waals surface area contributed by atoms with Crippen LogP contribution in [0.5, 0.6) is 0 Å². The molecule has 0 aliphatic carbocycles. The van der Waals surface area contributed by atoms with Crippen LogP contribution in [0.25, 0.3) is 0 Å².